The smallest absolute Gasteiger partial charge is 0.411 e. The summed E-state index contributed by atoms with van der Waals surface area (Å²) in [5.41, 5.74) is 1.37. The van der Waals surface area contributed by atoms with Crippen LogP contribution in [0, 0.1) is 5.82 Å². The molecule has 0 aliphatic heterocycles. The van der Waals surface area contributed by atoms with Gasteiger partial charge in [-0.1, -0.05) is 12.1 Å². The van der Waals surface area contributed by atoms with Gasteiger partial charge in [0.15, 0.2) is 0 Å². The van der Waals surface area contributed by atoms with E-state index in [1.165, 1.54) is 12.1 Å². The van der Waals surface area contributed by atoms with Crippen LogP contribution in [0.5, 0.6) is 5.75 Å². The van der Waals surface area contributed by atoms with Gasteiger partial charge >= 0.3 is 6.09 Å². The van der Waals surface area contributed by atoms with Crippen molar-refractivity contribution in [1.29, 1.82) is 0 Å². The molecule has 1 N–H and O–H groups in total. The van der Waals surface area contributed by atoms with Gasteiger partial charge in [-0.2, -0.15) is 0 Å². The summed E-state index contributed by atoms with van der Waals surface area (Å²) in [6.07, 6.45) is -0.495. The van der Waals surface area contributed by atoms with Crippen molar-refractivity contribution in [3.05, 3.63) is 59.9 Å². The minimum absolute atomic E-state index is 0.280. The van der Waals surface area contributed by atoms with E-state index in [9.17, 15) is 9.18 Å². The van der Waals surface area contributed by atoms with Crippen LogP contribution in [0.4, 0.5) is 14.9 Å². The molecule has 0 aromatic heterocycles. The van der Waals surface area contributed by atoms with Gasteiger partial charge in [-0.05, 0) is 48.9 Å². The van der Waals surface area contributed by atoms with E-state index in [0.717, 1.165) is 5.56 Å². The Morgan fingerprint density at radius 1 is 1.19 bits per heavy atom. The highest BCUT2D eigenvalue weighted by Gasteiger charge is 2.02. The van der Waals surface area contributed by atoms with Crippen LogP contribution in [-0.4, -0.2) is 12.7 Å². The highest BCUT2D eigenvalue weighted by atomic mass is 19.1. The lowest BCUT2D eigenvalue weighted by molar-refractivity contribution is 0.168. The third-order valence-corrected chi connectivity index (χ3v) is 2.67. The average Bonchev–Trinajstić information content (AvgIpc) is 2.47. The van der Waals surface area contributed by atoms with E-state index in [-0.39, 0.29) is 12.4 Å². The van der Waals surface area contributed by atoms with Crippen molar-refractivity contribution in [3.63, 3.8) is 0 Å². The van der Waals surface area contributed by atoms with E-state index in [1.807, 2.05) is 0 Å². The summed E-state index contributed by atoms with van der Waals surface area (Å²) in [5, 5.41) is 2.59. The van der Waals surface area contributed by atoms with Crippen molar-refractivity contribution in [2.45, 2.75) is 13.5 Å². The molecule has 2 aromatic rings. The maximum Gasteiger partial charge on any atom is 0.411 e. The van der Waals surface area contributed by atoms with Gasteiger partial charge in [0.2, 0.25) is 0 Å². The lowest BCUT2D eigenvalue weighted by atomic mass is 10.2. The van der Waals surface area contributed by atoms with Gasteiger partial charge in [-0.15, -0.1) is 0 Å². The van der Waals surface area contributed by atoms with Crippen LogP contribution in [-0.2, 0) is 11.3 Å². The lowest BCUT2D eigenvalue weighted by Gasteiger charge is -2.08. The van der Waals surface area contributed by atoms with Crippen LogP contribution in [0.15, 0.2) is 48.5 Å². The molecule has 0 unspecified atom stereocenters. The fourth-order valence-electron chi connectivity index (χ4n) is 1.71. The highest BCUT2D eigenvalue weighted by molar-refractivity contribution is 5.84. The molecule has 0 fully saturated rings. The number of hydrogen-bond acceptors (Lipinski definition) is 3. The summed E-state index contributed by atoms with van der Waals surface area (Å²) in [6, 6.07) is 13.1. The third-order valence-electron chi connectivity index (χ3n) is 2.67. The molecule has 0 aliphatic carbocycles. The summed E-state index contributed by atoms with van der Waals surface area (Å²) in [7, 11) is 0. The summed E-state index contributed by atoms with van der Waals surface area (Å²) in [6.45, 7) is 2.34. The monoisotopic (exact) mass is 289 g/mol. The first kappa shape index (κ1) is 14.8. The largest absolute Gasteiger partial charge is 0.489 e. The summed E-state index contributed by atoms with van der Waals surface area (Å²) < 4.78 is 23.3. The van der Waals surface area contributed by atoms with Crippen LogP contribution in [0.3, 0.4) is 0 Å². The second kappa shape index (κ2) is 7.28. The van der Waals surface area contributed by atoms with Crippen molar-refractivity contribution < 1.29 is 18.7 Å². The minimum Gasteiger partial charge on any atom is -0.489 e. The maximum atomic E-state index is 13.0. The second-order valence-corrected chi connectivity index (χ2v) is 4.29. The van der Waals surface area contributed by atoms with Gasteiger partial charge in [0, 0.05) is 5.69 Å². The van der Waals surface area contributed by atoms with Crippen LogP contribution >= 0.6 is 0 Å². The van der Waals surface area contributed by atoms with Crippen molar-refractivity contribution >= 4 is 11.8 Å². The molecular weight excluding hydrogens is 273 g/mol. The van der Waals surface area contributed by atoms with Gasteiger partial charge in [0.1, 0.15) is 18.2 Å². The van der Waals surface area contributed by atoms with Crippen molar-refractivity contribution in [1.82, 2.24) is 0 Å². The molecule has 0 spiro atoms. The van der Waals surface area contributed by atoms with Gasteiger partial charge in [0.05, 0.1) is 6.61 Å². The van der Waals surface area contributed by atoms with Crippen LogP contribution in [0.1, 0.15) is 12.5 Å². The third kappa shape index (κ3) is 4.80. The van der Waals surface area contributed by atoms with Crippen molar-refractivity contribution in [2.24, 2.45) is 0 Å². The van der Waals surface area contributed by atoms with Crippen molar-refractivity contribution in [2.75, 3.05) is 11.9 Å². The summed E-state index contributed by atoms with van der Waals surface area (Å²) >= 11 is 0. The number of carbonyl (C=O) groups is 1. The first-order chi connectivity index (χ1) is 10.2. The molecule has 0 heterocycles. The Hall–Kier alpha value is -2.56. The Morgan fingerprint density at radius 2 is 1.95 bits per heavy atom. The number of halogens is 1. The van der Waals surface area contributed by atoms with E-state index in [2.05, 4.69) is 5.32 Å². The zero-order valence-corrected chi connectivity index (χ0v) is 11.6. The first-order valence-corrected chi connectivity index (χ1v) is 6.58. The quantitative estimate of drug-likeness (QED) is 0.906. The normalized spacial score (nSPS) is 10.0. The molecule has 0 radical (unpaired) electrons. The number of ether oxygens (including phenoxy) is 2. The van der Waals surface area contributed by atoms with Crippen LogP contribution in [0.25, 0.3) is 0 Å². The van der Waals surface area contributed by atoms with E-state index in [1.54, 1.807) is 43.3 Å². The maximum absolute atomic E-state index is 13.0. The van der Waals surface area contributed by atoms with E-state index >= 15 is 0 Å². The summed E-state index contributed by atoms with van der Waals surface area (Å²) in [5.74, 6) is 0.346. The molecule has 2 aromatic carbocycles. The number of rotatable bonds is 5. The van der Waals surface area contributed by atoms with Gasteiger partial charge in [-0.25, -0.2) is 9.18 Å². The number of carbonyl (C=O) groups excluding carboxylic acids is 1. The van der Waals surface area contributed by atoms with Gasteiger partial charge in [-0.3, -0.25) is 5.32 Å². The SMILES string of the molecule is CCOC(=O)Nc1ccc(OCc2cccc(F)c2)cc1. The number of anilines is 1. The predicted octanol–water partition coefficient (Wildman–Crippen LogP) is 3.97. The molecule has 0 atom stereocenters. The molecule has 110 valence electrons. The molecule has 5 heteroatoms. The summed E-state index contributed by atoms with van der Waals surface area (Å²) in [4.78, 5) is 11.2. The average molecular weight is 289 g/mol. The molecule has 0 saturated carbocycles. The zero-order valence-electron chi connectivity index (χ0n) is 11.6. The van der Waals surface area contributed by atoms with Crippen molar-refractivity contribution in [3.8, 4) is 5.75 Å². The standard InChI is InChI=1S/C16H16FNO3/c1-2-20-16(19)18-14-6-8-15(9-7-14)21-11-12-4-3-5-13(17)10-12/h3-10H,2,11H2,1H3,(H,18,19). The van der Waals surface area contributed by atoms with Crippen LogP contribution in [0.2, 0.25) is 0 Å². The van der Waals surface area contributed by atoms with E-state index in [0.29, 0.717) is 18.0 Å². The molecule has 0 aliphatic rings. The first-order valence-electron chi connectivity index (χ1n) is 6.58. The topological polar surface area (TPSA) is 47.6 Å². The molecule has 0 saturated heterocycles. The Labute approximate surface area is 122 Å². The molecule has 4 nitrogen and oxygen atoms in total. The molecule has 1 amide bonds. The molecule has 2 rings (SSSR count). The molecule has 0 bridgehead atoms. The Kier molecular flexibility index (Phi) is 5.15. The number of amides is 1. The fourth-order valence-corrected chi connectivity index (χ4v) is 1.71. The van der Waals surface area contributed by atoms with E-state index < -0.39 is 6.09 Å². The number of hydrogen-bond donors (Lipinski definition) is 1. The van der Waals surface area contributed by atoms with E-state index in [4.69, 9.17) is 9.47 Å². The predicted molar refractivity (Wildman–Crippen MR) is 77.8 cm³/mol. The Balaban J connectivity index is 1.89. The number of benzene rings is 2. The minimum atomic E-state index is -0.495. The Bertz CT molecular complexity index is 599. The Morgan fingerprint density at radius 3 is 2.62 bits per heavy atom. The second-order valence-electron chi connectivity index (χ2n) is 4.29. The number of nitrogens with one attached hydrogen (secondary N) is 1. The highest BCUT2D eigenvalue weighted by Crippen LogP contribution is 2.17. The van der Waals surface area contributed by atoms with Crippen LogP contribution < -0.4 is 10.1 Å². The van der Waals surface area contributed by atoms with Gasteiger partial charge < -0.3 is 9.47 Å². The lowest BCUT2D eigenvalue weighted by Crippen LogP contribution is -2.13. The zero-order chi connectivity index (χ0) is 15.1. The molecular formula is C16H16FNO3. The van der Waals surface area contributed by atoms with Gasteiger partial charge in [0.25, 0.3) is 0 Å². The molecule has 21 heavy (non-hydrogen) atoms. The fraction of sp³-hybridized carbons (Fsp3) is 0.188.